The summed E-state index contributed by atoms with van der Waals surface area (Å²) in [6.45, 7) is 8.11. The van der Waals surface area contributed by atoms with Gasteiger partial charge in [-0.2, -0.15) is 0 Å². The van der Waals surface area contributed by atoms with Crippen molar-refractivity contribution in [2.45, 2.75) is 19.4 Å². The fourth-order valence-electron chi connectivity index (χ4n) is 2.78. The molecule has 0 radical (unpaired) electrons. The SMILES string of the molecule is CC(C)(CNC(=O)c1cc(Cl)c2c(c1)OCO2)N1CCOCC1. The van der Waals surface area contributed by atoms with Gasteiger partial charge in [0.1, 0.15) is 0 Å². The van der Waals surface area contributed by atoms with Crippen molar-refractivity contribution < 1.29 is 19.0 Å². The number of rotatable bonds is 4. The van der Waals surface area contributed by atoms with E-state index in [1.165, 1.54) is 0 Å². The molecule has 1 saturated heterocycles. The molecule has 0 unspecified atom stereocenters. The van der Waals surface area contributed by atoms with E-state index in [9.17, 15) is 4.79 Å². The van der Waals surface area contributed by atoms with Crippen LogP contribution in [0.2, 0.25) is 5.02 Å². The van der Waals surface area contributed by atoms with Crippen molar-refractivity contribution in [3.8, 4) is 11.5 Å². The highest BCUT2D eigenvalue weighted by Gasteiger charge is 2.29. The van der Waals surface area contributed by atoms with Gasteiger partial charge in [0.25, 0.3) is 5.91 Å². The Morgan fingerprint density at radius 1 is 1.30 bits per heavy atom. The van der Waals surface area contributed by atoms with Crippen LogP contribution in [-0.2, 0) is 4.74 Å². The van der Waals surface area contributed by atoms with Crippen molar-refractivity contribution in [2.24, 2.45) is 0 Å². The first-order chi connectivity index (χ1) is 11.0. The number of morpholine rings is 1. The third-order valence-electron chi connectivity index (χ3n) is 4.24. The highest BCUT2D eigenvalue weighted by molar-refractivity contribution is 6.32. The first kappa shape index (κ1) is 16.4. The molecular weight excluding hydrogens is 320 g/mol. The normalized spacial score (nSPS) is 18.0. The second-order valence-electron chi connectivity index (χ2n) is 6.29. The standard InChI is InChI=1S/C16H21ClN2O4/c1-16(2,19-3-5-21-6-4-19)9-18-15(20)11-7-12(17)14-13(8-11)22-10-23-14/h7-8H,3-6,9-10H2,1-2H3,(H,18,20). The van der Waals surface area contributed by atoms with E-state index < -0.39 is 0 Å². The molecule has 0 aliphatic carbocycles. The van der Waals surface area contributed by atoms with Gasteiger partial charge in [-0.15, -0.1) is 0 Å². The molecule has 1 amide bonds. The summed E-state index contributed by atoms with van der Waals surface area (Å²) in [4.78, 5) is 14.7. The summed E-state index contributed by atoms with van der Waals surface area (Å²) in [6, 6.07) is 3.26. The van der Waals surface area contributed by atoms with Gasteiger partial charge in [0.2, 0.25) is 6.79 Å². The number of benzene rings is 1. The summed E-state index contributed by atoms with van der Waals surface area (Å²) in [7, 11) is 0. The number of amides is 1. The van der Waals surface area contributed by atoms with Crippen molar-refractivity contribution in [1.29, 1.82) is 0 Å². The van der Waals surface area contributed by atoms with Gasteiger partial charge in [-0.05, 0) is 26.0 Å². The highest BCUT2D eigenvalue weighted by Crippen LogP contribution is 2.39. The summed E-state index contributed by atoms with van der Waals surface area (Å²) >= 11 is 6.12. The van der Waals surface area contributed by atoms with Crippen LogP contribution in [0.4, 0.5) is 0 Å². The van der Waals surface area contributed by atoms with E-state index in [4.69, 9.17) is 25.8 Å². The van der Waals surface area contributed by atoms with Crippen molar-refractivity contribution in [3.05, 3.63) is 22.7 Å². The minimum atomic E-state index is -0.175. The second-order valence-corrected chi connectivity index (χ2v) is 6.69. The van der Waals surface area contributed by atoms with Gasteiger partial charge < -0.3 is 19.5 Å². The molecular formula is C16H21ClN2O4. The zero-order valence-electron chi connectivity index (χ0n) is 13.4. The Morgan fingerprint density at radius 2 is 2.04 bits per heavy atom. The van der Waals surface area contributed by atoms with E-state index >= 15 is 0 Å². The fourth-order valence-corrected chi connectivity index (χ4v) is 3.04. The lowest BCUT2D eigenvalue weighted by Gasteiger charge is -2.40. The zero-order chi connectivity index (χ0) is 16.4. The van der Waals surface area contributed by atoms with Crippen LogP contribution in [0.1, 0.15) is 24.2 Å². The predicted molar refractivity (Wildman–Crippen MR) is 86.4 cm³/mol. The summed E-state index contributed by atoms with van der Waals surface area (Å²) in [5.74, 6) is 0.832. The number of hydrogen-bond donors (Lipinski definition) is 1. The molecule has 2 heterocycles. The van der Waals surface area contributed by atoms with E-state index in [0.717, 1.165) is 26.3 Å². The molecule has 0 atom stereocenters. The number of fused-ring (bicyclic) bond motifs is 1. The van der Waals surface area contributed by atoms with Gasteiger partial charge >= 0.3 is 0 Å². The van der Waals surface area contributed by atoms with Crippen molar-refractivity contribution >= 4 is 17.5 Å². The van der Waals surface area contributed by atoms with Crippen LogP contribution >= 0.6 is 11.6 Å². The molecule has 1 fully saturated rings. The van der Waals surface area contributed by atoms with E-state index in [1.807, 2.05) is 0 Å². The minimum absolute atomic E-state index is 0.129. The van der Waals surface area contributed by atoms with Crippen LogP contribution in [0.5, 0.6) is 11.5 Å². The number of halogens is 1. The van der Waals surface area contributed by atoms with Crippen molar-refractivity contribution in [3.63, 3.8) is 0 Å². The van der Waals surface area contributed by atoms with Crippen LogP contribution in [0.15, 0.2) is 12.1 Å². The molecule has 1 aromatic carbocycles. The van der Waals surface area contributed by atoms with Crippen LogP contribution < -0.4 is 14.8 Å². The number of nitrogens with zero attached hydrogens (tertiary/aromatic N) is 1. The van der Waals surface area contributed by atoms with E-state index in [0.29, 0.717) is 28.6 Å². The molecule has 3 rings (SSSR count). The molecule has 0 spiro atoms. The lowest BCUT2D eigenvalue weighted by atomic mass is 10.0. The van der Waals surface area contributed by atoms with Crippen LogP contribution in [-0.4, -0.2) is 56.0 Å². The maximum Gasteiger partial charge on any atom is 0.251 e. The number of carbonyl (C=O) groups is 1. The minimum Gasteiger partial charge on any atom is -0.454 e. The van der Waals surface area contributed by atoms with Crippen LogP contribution in [0.3, 0.4) is 0 Å². The predicted octanol–water partition coefficient (Wildman–Crippen LogP) is 1.91. The van der Waals surface area contributed by atoms with E-state index in [2.05, 4.69) is 24.1 Å². The van der Waals surface area contributed by atoms with Gasteiger partial charge in [-0.25, -0.2) is 0 Å². The third kappa shape index (κ3) is 3.54. The van der Waals surface area contributed by atoms with Gasteiger partial charge in [-0.1, -0.05) is 11.6 Å². The Bertz CT molecular complexity index is 600. The number of hydrogen-bond acceptors (Lipinski definition) is 5. The molecule has 0 bridgehead atoms. The van der Waals surface area contributed by atoms with Crippen LogP contribution in [0.25, 0.3) is 0 Å². The number of carbonyl (C=O) groups excluding carboxylic acids is 1. The molecule has 23 heavy (non-hydrogen) atoms. The molecule has 1 N–H and O–H groups in total. The first-order valence-corrected chi connectivity index (χ1v) is 8.05. The summed E-state index contributed by atoms with van der Waals surface area (Å²) < 4.78 is 15.9. The zero-order valence-corrected chi connectivity index (χ0v) is 14.1. The molecule has 7 heteroatoms. The van der Waals surface area contributed by atoms with Crippen molar-refractivity contribution in [1.82, 2.24) is 10.2 Å². The molecule has 126 valence electrons. The number of ether oxygens (including phenoxy) is 3. The maximum atomic E-state index is 12.4. The summed E-state index contributed by atoms with van der Waals surface area (Å²) in [5, 5.41) is 3.37. The average Bonchev–Trinajstić information content (AvgIpc) is 3.02. The number of nitrogens with one attached hydrogen (secondary N) is 1. The Labute approximate surface area is 140 Å². The largest absolute Gasteiger partial charge is 0.454 e. The van der Waals surface area contributed by atoms with Gasteiger partial charge in [0.15, 0.2) is 11.5 Å². The quantitative estimate of drug-likeness (QED) is 0.907. The Hall–Kier alpha value is -1.50. The smallest absolute Gasteiger partial charge is 0.251 e. The second kappa shape index (κ2) is 6.55. The molecule has 1 aromatic rings. The summed E-state index contributed by atoms with van der Waals surface area (Å²) in [6.07, 6.45) is 0. The molecule has 6 nitrogen and oxygen atoms in total. The van der Waals surface area contributed by atoms with Crippen LogP contribution in [0, 0.1) is 0 Å². The first-order valence-electron chi connectivity index (χ1n) is 7.67. The van der Waals surface area contributed by atoms with E-state index in [-0.39, 0.29) is 18.2 Å². The topological polar surface area (TPSA) is 60.0 Å². The molecule has 0 aromatic heterocycles. The summed E-state index contributed by atoms with van der Waals surface area (Å²) in [5.41, 5.74) is 0.330. The van der Waals surface area contributed by atoms with E-state index in [1.54, 1.807) is 12.1 Å². The van der Waals surface area contributed by atoms with Crippen molar-refractivity contribution in [2.75, 3.05) is 39.6 Å². The average molecular weight is 341 g/mol. The Kier molecular flexibility index (Phi) is 4.66. The van der Waals surface area contributed by atoms with Gasteiger partial charge in [0, 0.05) is 30.7 Å². The fraction of sp³-hybridized carbons (Fsp3) is 0.562. The monoisotopic (exact) mass is 340 g/mol. The van der Waals surface area contributed by atoms with Gasteiger partial charge in [-0.3, -0.25) is 9.69 Å². The van der Waals surface area contributed by atoms with Gasteiger partial charge in [0.05, 0.1) is 18.2 Å². The molecule has 2 aliphatic rings. The lowest BCUT2D eigenvalue weighted by Crippen LogP contribution is -2.55. The molecule has 0 saturated carbocycles. The maximum absolute atomic E-state index is 12.4. The third-order valence-corrected chi connectivity index (χ3v) is 4.52. The highest BCUT2D eigenvalue weighted by atomic mass is 35.5. The Balaban J connectivity index is 1.64. The Morgan fingerprint density at radius 3 is 2.78 bits per heavy atom. The molecule has 2 aliphatic heterocycles. The lowest BCUT2D eigenvalue weighted by molar-refractivity contribution is -0.00923.